The third-order valence-electron chi connectivity index (χ3n) is 6.81. The minimum atomic E-state index is -0.0118. The SMILES string of the molecule is Cc1cc2[nH]c(Cc3c(Cl)cccc3Cl)nc2cc1C(=O)NC1CCC(C(C)(C)C)CC1. The second-order valence-electron chi connectivity index (χ2n) is 10.1. The summed E-state index contributed by atoms with van der Waals surface area (Å²) in [5, 5.41) is 4.50. The zero-order valence-corrected chi connectivity index (χ0v) is 20.7. The summed E-state index contributed by atoms with van der Waals surface area (Å²) in [6, 6.07) is 9.60. The van der Waals surface area contributed by atoms with Gasteiger partial charge in [0.2, 0.25) is 0 Å². The molecule has 1 heterocycles. The standard InChI is InChI=1S/C26H31Cl2N3O/c1-15-12-22-23(31-24(30-22)14-19-20(27)6-5-7-21(19)28)13-18(15)25(32)29-17-10-8-16(9-11-17)26(2,3)4/h5-7,12-13,16-17H,8-11,14H2,1-4H3,(H,29,32)(H,30,31). The van der Waals surface area contributed by atoms with E-state index in [9.17, 15) is 4.79 Å². The summed E-state index contributed by atoms with van der Waals surface area (Å²) in [4.78, 5) is 21.1. The molecule has 170 valence electrons. The first-order chi connectivity index (χ1) is 15.1. The van der Waals surface area contributed by atoms with Crippen molar-refractivity contribution in [1.82, 2.24) is 15.3 Å². The van der Waals surface area contributed by atoms with Gasteiger partial charge < -0.3 is 10.3 Å². The van der Waals surface area contributed by atoms with E-state index in [2.05, 4.69) is 31.1 Å². The summed E-state index contributed by atoms with van der Waals surface area (Å²) in [7, 11) is 0. The van der Waals surface area contributed by atoms with E-state index in [1.165, 1.54) is 12.8 Å². The Morgan fingerprint density at radius 3 is 2.41 bits per heavy atom. The van der Waals surface area contributed by atoms with E-state index in [1.54, 1.807) is 0 Å². The van der Waals surface area contributed by atoms with Gasteiger partial charge >= 0.3 is 0 Å². The number of carbonyl (C=O) groups is 1. The van der Waals surface area contributed by atoms with Gasteiger partial charge in [-0.1, -0.05) is 50.0 Å². The largest absolute Gasteiger partial charge is 0.349 e. The molecule has 1 amide bonds. The van der Waals surface area contributed by atoms with Crippen LogP contribution in [0.25, 0.3) is 11.0 Å². The third kappa shape index (κ3) is 4.97. The average molecular weight is 472 g/mol. The van der Waals surface area contributed by atoms with E-state index < -0.39 is 0 Å². The number of halogens is 2. The van der Waals surface area contributed by atoms with Gasteiger partial charge in [-0.05, 0) is 79.3 Å². The second-order valence-corrected chi connectivity index (χ2v) is 10.9. The molecule has 6 heteroatoms. The lowest BCUT2D eigenvalue weighted by Crippen LogP contribution is -2.39. The van der Waals surface area contributed by atoms with Crippen LogP contribution in [0.15, 0.2) is 30.3 Å². The number of aryl methyl sites for hydroxylation is 1. The Balaban J connectivity index is 1.49. The Labute approximate surface area is 200 Å². The van der Waals surface area contributed by atoms with Crippen molar-refractivity contribution < 1.29 is 4.79 Å². The number of hydrogen-bond acceptors (Lipinski definition) is 2. The van der Waals surface area contributed by atoms with Gasteiger partial charge in [-0.2, -0.15) is 0 Å². The Hall–Kier alpha value is -2.04. The van der Waals surface area contributed by atoms with E-state index in [1.807, 2.05) is 37.3 Å². The van der Waals surface area contributed by atoms with Gasteiger partial charge in [0.05, 0.1) is 11.0 Å². The lowest BCUT2D eigenvalue weighted by Gasteiger charge is -2.37. The highest BCUT2D eigenvalue weighted by atomic mass is 35.5. The molecule has 1 aliphatic rings. The second kappa shape index (κ2) is 9.07. The predicted molar refractivity (Wildman–Crippen MR) is 133 cm³/mol. The monoisotopic (exact) mass is 471 g/mol. The first-order valence-corrected chi connectivity index (χ1v) is 12.1. The molecule has 1 aliphatic carbocycles. The van der Waals surface area contributed by atoms with Crippen molar-refractivity contribution in [3.05, 3.63) is 62.9 Å². The number of aromatic nitrogens is 2. The first-order valence-electron chi connectivity index (χ1n) is 11.3. The predicted octanol–water partition coefficient (Wildman–Crippen LogP) is 7.10. The summed E-state index contributed by atoms with van der Waals surface area (Å²) in [6.07, 6.45) is 4.92. The number of amides is 1. The molecule has 0 atom stereocenters. The molecule has 2 aromatic carbocycles. The molecular weight excluding hydrogens is 441 g/mol. The molecule has 0 unspecified atom stereocenters. The van der Waals surface area contributed by atoms with Crippen LogP contribution < -0.4 is 5.32 Å². The Morgan fingerprint density at radius 2 is 1.78 bits per heavy atom. The highest BCUT2D eigenvalue weighted by molar-refractivity contribution is 6.36. The maximum absolute atomic E-state index is 13.1. The molecule has 0 spiro atoms. The molecule has 32 heavy (non-hydrogen) atoms. The van der Waals surface area contributed by atoms with E-state index in [0.717, 1.165) is 46.7 Å². The summed E-state index contributed by atoms with van der Waals surface area (Å²) in [6.45, 7) is 8.91. The molecule has 4 nitrogen and oxygen atoms in total. The zero-order chi connectivity index (χ0) is 23.0. The van der Waals surface area contributed by atoms with Gasteiger partial charge in [0.1, 0.15) is 5.82 Å². The van der Waals surface area contributed by atoms with Crippen LogP contribution in [-0.4, -0.2) is 21.9 Å². The van der Waals surface area contributed by atoms with E-state index in [-0.39, 0.29) is 11.9 Å². The normalized spacial score (nSPS) is 19.3. The molecule has 4 rings (SSSR count). The molecule has 1 fully saturated rings. The molecule has 1 saturated carbocycles. The van der Waals surface area contributed by atoms with Crippen LogP contribution in [0.5, 0.6) is 0 Å². The van der Waals surface area contributed by atoms with Crippen molar-refractivity contribution >= 4 is 40.1 Å². The molecule has 0 radical (unpaired) electrons. The molecule has 0 bridgehead atoms. The lowest BCUT2D eigenvalue weighted by atomic mass is 9.71. The summed E-state index contributed by atoms with van der Waals surface area (Å²) in [5.41, 5.74) is 4.48. The fourth-order valence-corrected chi connectivity index (χ4v) is 5.31. The molecule has 1 aromatic heterocycles. The first kappa shape index (κ1) is 23.1. The quantitative estimate of drug-likeness (QED) is 0.425. The Bertz CT molecular complexity index is 1120. The average Bonchev–Trinajstić information content (AvgIpc) is 3.11. The Morgan fingerprint density at radius 1 is 1.12 bits per heavy atom. The van der Waals surface area contributed by atoms with Crippen molar-refractivity contribution in [3.8, 4) is 0 Å². The van der Waals surface area contributed by atoms with Crippen molar-refractivity contribution in [2.24, 2.45) is 11.3 Å². The van der Waals surface area contributed by atoms with Gasteiger partial charge in [0, 0.05) is 28.1 Å². The van der Waals surface area contributed by atoms with Crippen LogP contribution in [0.4, 0.5) is 0 Å². The van der Waals surface area contributed by atoms with Crippen LogP contribution in [-0.2, 0) is 6.42 Å². The van der Waals surface area contributed by atoms with Crippen molar-refractivity contribution in [1.29, 1.82) is 0 Å². The third-order valence-corrected chi connectivity index (χ3v) is 7.52. The van der Waals surface area contributed by atoms with Crippen molar-refractivity contribution in [3.63, 3.8) is 0 Å². The number of benzene rings is 2. The minimum absolute atomic E-state index is 0.0118. The van der Waals surface area contributed by atoms with Crippen LogP contribution in [0, 0.1) is 18.3 Å². The zero-order valence-electron chi connectivity index (χ0n) is 19.2. The number of rotatable bonds is 4. The maximum Gasteiger partial charge on any atom is 0.251 e. The fourth-order valence-electron chi connectivity index (χ4n) is 4.78. The van der Waals surface area contributed by atoms with Gasteiger partial charge in [0.25, 0.3) is 5.91 Å². The molecule has 3 aromatic rings. The van der Waals surface area contributed by atoms with Gasteiger partial charge in [0.15, 0.2) is 0 Å². The molecule has 0 saturated heterocycles. The van der Waals surface area contributed by atoms with Crippen LogP contribution in [0.1, 0.15) is 73.8 Å². The minimum Gasteiger partial charge on any atom is -0.349 e. The van der Waals surface area contributed by atoms with Crippen LogP contribution >= 0.6 is 23.2 Å². The topological polar surface area (TPSA) is 57.8 Å². The van der Waals surface area contributed by atoms with Crippen LogP contribution in [0.2, 0.25) is 10.0 Å². The summed E-state index contributed by atoms with van der Waals surface area (Å²) >= 11 is 12.6. The highest BCUT2D eigenvalue weighted by Crippen LogP contribution is 2.37. The van der Waals surface area contributed by atoms with Gasteiger partial charge in [-0.15, -0.1) is 0 Å². The van der Waals surface area contributed by atoms with E-state index >= 15 is 0 Å². The smallest absolute Gasteiger partial charge is 0.251 e. The molecule has 0 aliphatic heterocycles. The number of imidazole rings is 1. The summed E-state index contributed by atoms with van der Waals surface area (Å²) in [5.74, 6) is 1.48. The highest BCUT2D eigenvalue weighted by Gasteiger charge is 2.30. The number of H-pyrrole nitrogens is 1. The number of aromatic amines is 1. The van der Waals surface area contributed by atoms with Crippen molar-refractivity contribution in [2.45, 2.75) is 65.8 Å². The number of nitrogens with zero attached hydrogens (tertiary/aromatic N) is 1. The van der Waals surface area contributed by atoms with E-state index in [0.29, 0.717) is 27.4 Å². The van der Waals surface area contributed by atoms with Crippen molar-refractivity contribution in [2.75, 3.05) is 0 Å². The van der Waals surface area contributed by atoms with Crippen LogP contribution in [0.3, 0.4) is 0 Å². The maximum atomic E-state index is 13.1. The van der Waals surface area contributed by atoms with Gasteiger partial charge in [-0.3, -0.25) is 4.79 Å². The fraction of sp³-hybridized carbons (Fsp3) is 0.462. The van der Waals surface area contributed by atoms with Gasteiger partial charge in [-0.25, -0.2) is 4.98 Å². The number of fused-ring (bicyclic) bond motifs is 1. The summed E-state index contributed by atoms with van der Waals surface area (Å²) < 4.78 is 0. The number of nitrogens with one attached hydrogen (secondary N) is 2. The molecule has 2 N–H and O–H groups in total. The number of carbonyl (C=O) groups excluding carboxylic acids is 1. The lowest BCUT2D eigenvalue weighted by molar-refractivity contribution is 0.0903. The molecular formula is C26H31Cl2N3O. The number of hydrogen-bond donors (Lipinski definition) is 2. The Kier molecular flexibility index (Phi) is 6.56. The van der Waals surface area contributed by atoms with E-state index in [4.69, 9.17) is 28.2 Å².